The number of nitro groups is 2. The molecule has 0 fully saturated rings. The third-order valence-corrected chi connectivity index (χ3v) is 5.12. The SMILES string of the molecule is Cc1c(C)c(C)c2c(c1C)C(=O)c1cc([N+](=O)[O-])cc([N+](=O)[O-])c1C2=O. The van der Waals surface area contributed by atoms with E-state index in [-0.39, 0.29) is 22.3 Å². The van der Waals surface area contributed by atoms with Crippen LogP contribution in [0.4, 0.5) is 11.4 Å². The van der Waals surface area contributed by atoms with E-state index in [1.165, 1.54) is 0 Å². The zero-order chi connectivity index (χ0) is 19.5. The van der Waals surface area contributed by atoms with Crippen LogP contribution < -0.4 is 0 Å². The smallest absolute Gasteiger partial charge is 0.288 e. The summed E-state index contributed by atoms with van der Waals surface area (Å²) in [4.78, 5) is 46.9. The van der Waals surface area contributed by atoms with Gasteiger partial charge in [-0.1, -0.05) is 0 Å². The maximum atomic E-state index is 13.1. The quantitative estimate of drug-likeness (QED) is 0.513. The van der Waals surface area contributed by atoms with E-state index in [0.717, 1.165) is 23.3 Å². The van der Waals surface area contributed by atoms with Crippen molar-refractivity contribution in [3.63, 3.8) is 0 Å². The van der Waals surface area contributed by atoms with Gasteiger partial charge in [0, 0.05) is 22.8 Å². The average Bonchev–Trinajstić information content (AvgIpc) is 2.59. The third-order valence-electron chi connectivity index (χ3n) is 5.12. The molecule has 0 unspecified atom stereocenters. The van der Waals surface area contributed by atoms with E-state index in [4.69, 9.17) is 0 Å². The highest BCUT2D eigenvalue weighted by atomic mass is 16.6. The Morgan fingerprint density at radius 1 is 0.692 bits per heavy atom. The number of non-ortho nitro benzene ring substituents is 1. The first-order chi connectivity index (χ1) is 12.1. The molecule has 8 nitrogen and oxygen atoms in total. The van der Waals surface area contributed by atoms with Gasteiger partial charge in [-0.15, -0.1) is 0 Å². The Kier molecular flexibility index (Phi) is 3.72. The molecule has 8 heteroatoms. The molecule has 0 spiro atoms. The van der Waals surface area contributed by atoms with E-state index in [9.17, 15) is 29.8 Å². The average molecular weight is 354 g/mol. The van der Waals surface area contributed by atoms with Crippen LogP contribution in [0, 0.1) is 47.9 Å². The van der Waals surface area contributed by atoms with Gasteiger partial charge in [-0.05, 0) is 49.9 Å². The van der Waals surface area contributed by atoms with Crippen molar-refractivity contribution in [3.05, 3.63) is 76.9 Å². The topological polar surface area (TPSA) is 120 Å². The van der Waals surface area contributed by atoms with Gasteiger partial charge in [-0.3, -0.25) is 29.8 Å². The van der Waals surface area contributed by atoms with Crippen LogP contribution in [0.3, 0.4) is 0 Å². The van der Waals surface area contributed by atoms with Crippen LogP contribution in [0.2, 0.25) is 0 Å². The maximum Gasteiger partial charge on any atom is 0.288 e. The Bertz CT molecular complexity index is 1070. The Morgan fingerprint density at radius 2 is 1.19 bits per heavy atom. The van der Waals surface area contributed by atoms with Gasteiger partial charge in [-0.25, -0.2) is 0 Å². The molecule has 2 aromatic carbocycles. The second kappa shape index (κ2) is 5.55. The number of nitro benzene ring substituents is 2. The second-order valence-corrected chi connectivity index (χ2v) is 6.31. The molecule has 2 aromatic rings. The molecule has 1 aliphatic carbocycles. The fourth-order valence-corrected chi connectivity index (χ4v) is 3.42. The van der Waals surface area contributed by atoms with E-state index in [0.29, 0.717) is 11.1 Å². The fourth-order valence-electron chi connectivity index (χ4n) is 3.42. The molecule has 0 N–H and O–H groups in total. The molecule has 0 heterocycles. The van der Waals surface area contributed by atoms with Crippen LogP contribution in [0.5, 0.6) is 0 Å². The Hall–Kier alpha value is -3.42. The molecule has 0 atom stereocenters. The molecule has 3 rings (SSSR count). The van der Waals surface area contributed by atoms with Crippen LogP contribution >= 0.6 is 0 Å². The minimum absolute atomic E-state index is 0.139. The number of hydrogen-bond acceptors (Lipinski definition) is 6. The summed E-state index contributed by atoms with van der Waals surface area (Å²) in [5.41, 5.74) is 1.14. The molecular formula is C18H14N2O6. The van der Waals surface area contributed by atoms with E-state index in [1.54, 1.807) is 13.8 Å². The van der Waals surface area contributed by atoms with Gasteiger partial charge in [0.1, 0.15) is 5.56 Å². The highest BCUT2D eigenvalue weighted by Crippen LogP contribution is 2.40. The van der Waals surface area contributed by atoms with Gasteiger partial charge in [0.15, 0.2) is 5.78 Å². The molecule has 0 bridgehead atoms. The summed E-state index contributed by atoms with van der Waals surface area (Å²) in [6, 6.07) is 1.66. The molecule has 0 saturated carbocycles. The maximum absolute atomic E-state index is 13.1. The molecule has 0 aromatic heterocycles. The van der Waals surface area contributed by atoms with Crippen molar-refractivity contribution in [2.75, 3.05) is 0 Å². The van der Waals surface area contributed by atoms with Gasteiger partial charge >= 0.3 is 0 Å². The minimum atomic E-state index is -0.870. The molecule has 0 radical (unpaired) electrons. The van der Waals surface area contributed by atoms with Crippen molar-refractivity contribution >= 4 is 22.9 Å². The second-order valence-electron chi connectivity index (χ2n) is 6.31. The van der Waals surface area contributed by atoms with Crippen LogP contribution in [-0.4, -0.2) is 21.4 Å². The Balaban J connectivity index is 2.48. The van der Waals surface area contributed by atoms with Crippen molar-refractivity contribution < 1.29 is 19.4 Å². The summed E-state index contributed by atoms with van der Waals surface area (Å²) < 4.78 is 0. The summed E-state index contributed by atoms with van der Waals surface area (Å²) >= 11 is 0. The zero-order valence-corrected chi connectivity index (χ0v) is 14.5. The number of hydrogen-bond donors (Lipinski definition) is 0. The monoisotopic (exact) mass is 354 g/mol. The standard InChI is InChI=1S/C18H14N2O6/c1-7-8(2)10(4)15-14(9(7)3)17(21)12-5-11(19(23)24)6-13(20(25)26)16(12)18(15)22/h5-6H,1-4H3. The summed E-state index contributed by atoms with van der Waals surface area (Å²) in [7, 11) is 0. The molecule has 26 heavy (non-hydrogen) atoms. The number of ketones is 2. The first-order valence-corrected chi connectivity index (χ1v) is 7.74. The highest BCUT2D eigenvalue weighted by molar-refractivity contribution is 6.31. The fraction of sp³-hybridized carbons (Fsp3) is 0.222. The van der Waals surface area contributed by atoms with Crippen molar-refractivity contribution in [2.45, 2.75) is 27.7 Å². The predicted molar refractivity (Wildman–Crippen MR) is 92.0 cm³/mol. The van der Waals surface area contributed by atoms with Crippen LogP contribution in [0.15, 0.2) is 12.1 Å². The van der Waals surface area contributed by atoms with E-state index >= 15 is 0 Å². The zero-order valence-electron chi connectivity index (χ0n) is 14.5. The van der Waals surface area contributed by atoms with Gasteiger partial charge in [0.2, 0.25) is 5.78 Å². The summed E-state index contributed by atoms with van der Waals surface area (Å²) in [5.74, 6) is -1.26. The van der Waals surface area contributed by atoms with Gasteiger partial charge < -0.3 is 0 Å². The summed E-state index contributed by atoms with van der Waals surface area (Å²) in [6.45, 7) is 7.02. The number of benzene rings is 2. The van der Waals surface area contributed by atoms with Crippen LogP contribution in [0.1, 0.15) is 54.1 Å². The molecule has 0 saturated heterocycles. The number of nitrogens with zero attached hydrogens (tertiary/aromatic N) is 2. The highest BCUT2D eigenvalue weighted by Gasteiger charge is 2.40. The molecule has 0 aliphatic heterocycles. The summed E-state index contributed by atoms with van der Waals surface area (Å²) in [6.07, 6.45) is 0. The third kappa shape index (κ3) is 2.15. The lowest BCUT2D eigenvalue weighted by molar-refractivity contribution is -0.394. The number of carbonyl (C=O) groups is 2. The van der Waals surface area contributed by atoms with E-state index in [1.807, 2.05) is 13.8 Å². The van der Waals surface area contributed by atoms with Gasteiger partial charge in [0.05, 0.1) is 15.9 Å². The summed E-state index contributed by atoms with van der Waals surface area (Å²) in [5, 5.41) is 22.5. The van der Waals surface area contributed by atoms with Crippen molar-refractivity contribution in [3.8, 4) is 0 Å². The Labute approximate surface area is 147 Å². The van der Waals surface area contributed by atoms with Gasteiger partial charge in [0.25, 0.3) is 11.4 Å². The van der Waals surface area contributed by atoms with E-state index in [2.05, 4.69) is 0 Å². The number of rotatable bonds is 2. The van der Waals surface area contributed by atoms with E-state index < -0.39 is 32.8 Å². The molecular weight excluding hydrogens is 340 g/mol. The molecule has 132 valence electrons. The van der Waals surface area contributed by atoms with Gasteiger partial charge in [-0.2, -0.15) is 0 Å². The van der Waals surface area contributed by atoms with Crippen LogP contribution in [0.25, 0.3) is 0 Å². The lowest BCUT2D eigenvalue weighted by Crippen LogP contribution is -2.26. The largest absolute Gasteiger partial charge is 0.289 e. The lowest BCUT2D eigenvalue weighted by Gasteiger charge is -2.24. The minimum Gasteiger partial charge on any atom is -0.289 e. The normalized spacial score (nSPS) is 12.6. The van der Waals surface area contributed by atoms with Crippen LogP contribution in [-0.2, 0) is 0 Å². The first-order valence-electron chi connectivity index (χ1n) is 7.74. The predicted octanol–water partition coefficient (Wildman–Crippen LogP) is 3.51. The number of fused-ring (bicyclic) bond motifs is 2. The molecule has 1 aliphatic rings. The van der Waals surface area contributed by atoms with Crippen molar-refractivity contribution in [2.24, 2.45) is 0 Å². The molecule has 0 amide bonds. The van der Waals surface area contributed by atoms with Crippen molar-refractivity contribution in [1.82, 2.24) is 0 Å². The number of carbonyl (C=O) groups excluding carboxylic acids is 2. The lowest BCUT2D eigenvalue weighted by atomic mass is 9.76. The van der Waals surface area contributed by atoms with Crippen molar-refractivity contribution in [1.29, 1.82) is 0 Å². The first kappa shape index (κ1) is 17.4. The Morgan fingerprint density at radius 3 is 1.65 bits per heavy atom.